The van der Waals surface area contributed by atoms with Crippen LogP contribution >= 0.6 is 0 Å². The van der Waals surface area contributed by atoms with Gasteiger partial charge in [-0.2, -0.15) is 5.26 Å². The van der Waals surface area contributed by atoms with Gasteiger partial charge in [0.15, 0.2) is 5.82 Å². The lowest BCUT2D eigenvalue weighted by molar-refractivity contribution is 0.00125. The first kappa shape index (κ1) is 34.0. The Morgan fingerprint density at radius 3 is 2.56 bits per heavy atom. The molecule has 1 N–H and O–H groups in total. The molecular formula is C38H44FN7O3Si. The fraction of sp³-hybridized carbons (Fsp3) is 0.447. The van der Waals surface area contributed by atoms with Gasteiger partial charge in [0.2, 0.25) is 0 Å². The fourth-order valence-corrected chi connectivity index (χ4v) is 7.86. The van der Waals surface area contributed by atoms with Gasteiger partial charge in [-0.05, 0) is 73.2 Å². The van der Waals surface area contributed by atoms with Crippen LogP contribution in [0.15, 0.2) is 53.7 Å². The number of hydrogen-bond acceptors (Lipinski definition) is 7. The average molecular weight is 694 g/mol. The van der Waals surface area contributed by atoms with E-state index in [0.717, 1.165) is 60.7 Å². The highest BCUT2D eigenvalue weighted by molar-refractivity contribution is 6.76. The van der Waals surface area contributed by atoms with E-state index in [1.165, 1.54) is 16.7 Å². The molecule has 4 aromatic heterocycles. The molecule has 0 unspecified atom stereocenters. The molecule has 2 aliphatic carbocycles. The third kappa shape index (κ3) is 6.95. The van der Waals surface area contributed by atoms with E-state index >= 15 is 0 Å². The van der Waals surface area contributed by atoms with Gasteiger partial charge in [0.05, 0.1) is 11.2 Å². The monoisotopic (exact) mass is 693 g/mol. The number of ether oxygens (including phenoxy) is 1. The molecular weight excluding hydrogens is 650 g/mol. The van der Waals surface area contributed by atoms with Gasteiger partial charge >= 0.3 is 0 Å². The number of hydrogen-bond donors (Lipinski definition) is 1. The number of aliphatic hydroxyl groups is 1. The van der Waals surface area contributed by atoms with Crippen molar-refractivity contribution in [1.82, 2.24) is 28.9 Å². The van der Waals surface area contributed by atoms with Gasteiger partial charge in [-0.25, -0.2) is 9.37 Å². The Labute approximate surface area is 292 Å². The van der Waals surface area contributed by atoms with Crippen molar-refractivity contribution in [2.24, 2.45) is 7.05 Å². The molecule has 10 nitrogen and oxygen atoms in total. The fourth-order valence-electron chi connectivity index (χ4n) is 7.10. The average Bonchev–Trinajstić information content (AvgIpc) is 3.75. The maximum absolute atomic E-state index is 14.7. The summed E-state index contributed by atoms with van der Waals surface area (Å²) >= 11 is 0. The maximum atomic E-state index is 14.7. The van der Waals surface area contributed by atoms with Crippen LogP contribution in [0.4, 0.5) is 4.39 Å². The smallest absolute Gasteiger partial charge is 0.280 e. The van der Waals surface area contributed by atoms with Gasteiger partial charge in [0.1, 0.15) is 36.3 Å². The molecule has 0 aliphatic heterocycles. The zero-order valence-corrected chi connectivity index (χ0v) is 30.2. The molecule has 0 atom stereocenters. The summed E-state index contributed by atoms with van der Waals surface area (Å²) in [5, 5.41) is 30.8. The van der Waals surface area contributed by atoms with E-state index < -0.39 is 19.5 Å². The first-order chi connectivity index (χ1) is 23.9. The molecule has 2 aliphatic rings. The third-order valence-corrected chi connectivity index (χ3v) is 11.8. The van der Waals surface area contributed by atoms with Crippen LogP contribution in [0.25, 0.3) is 39.2 Å². The summed E-state index contributed by atoms with van der Waals surface area (Å²) in [6, 6.07) is 13.6. The first-order valence-electron chi connectivity index (χ1n) is 17.6. The van der Waals surface area contributed by atoms with Crippen LogP contribution < -0.4 is 5.56 Å². The van der Waals surface area contributed by atoms with Crippen molar-refractivity contribution in [3.05, 3.63) is 82.0 Å². The zero-order valence-electron chi connectivity index (χ0n) is 29.2. The van der Waals surface area contributed by atoms with Crippen molar-refractivity contribution in [1.29, 1.82) is 5.26 Å². The largest absolute Gasteiger partial charge is 0.389 e. The minimum Gasteiger partial charge on any atom is -0.389 e. The van der Waals surface area contributed by atoms with Crippen molar-refractivity contribution in [3.8, 4) is 34.4 Å². The predicted molar refractivity (Wildman–Crippen MR) is 193 cm³/mol. The Bertz CT molecular complexity index is 2160. The van der Waals surface area contributed by atoms with Gasteiger partial charge in [-0.3, -0.25) is 9.36 Å². The second kappa shape index (κ2) is 13.4. The quantitative estimate of drug-likeness (QED) is 0.116. The van der Waals surface area contributed by atoms with Crippen LogP contribution in [0.1, 0.15) is 67.8 Å². The molecule has 0 radical (unpaired) electrons. The Kier molecular flexibility index (Phi) is 9.09. The van der Waals surface area contributed by atoms with Gasteiger partial charge in [-0.15, -0.1) is 10.2 Å². The number of nitrogens with zero attached hydrogens (tertiary/aromatic N) is 7. The molecule has 12 heteroatoms. The Balaban J connectivity index is 1.39. The second-order valence-electron chi connectivity index (χ2n) is 15.3. The Hall–Kier alpha value is -4.44. The highest BCUT2D eigenvalue weighted by atomic mass is 28.3. The summed E-state index contributed by atoms with van der Waals surface area (Å²) in [5.41, 5.74) is 3.15. The molecule has 0 bridgehead atoms. The molecule has 7 rings (SSSR count). The van der Waals surface area contributed by atoms with Gasteiger partial charge < -0.3 is 19.0 Å². The minimum atomic E-state index is -1.36. The predicted octanol–water partition coefficient (Wildman–Crippen LogP) is 7.09. The van der Waals surface area contributed by atoms with E-state index in [0.29, 0.717) is 59.5 Å². The number of nitriles is 1. The van der Waals surface area contributed by atoms with Crippen LogP contribution in [0.3, 0.4) is 0 Å². The van der Waals surface area contributed by atoms with E-state index in [2.05, 4.69) is 35.9 Å². The number of pyridine rings is 2. The SMILES string of the molecule is Cn1cnnc1-c1cc(F)ccc1-c1cc(C2CC2)nc(-n2cc(C#N)c3cc(CC4(O)CCCCC4)n(COCC[Si](C)(C)C)c3c2=O)c1. The maximum Gasteiger partial charge on any atom is 0.280 e. The molecule has 1 aromatic carbocycles. The molecule has 50 heavy (non-hydrogen) atoms. The topological polar surface area (TPSA) is 124 Å². The highest BCUT2D eigenvalue weighted by Gasteiger charge is 2.32. The normalized spacial score (nSPS) is 16.2. The summed E-state index contributed by atoms with van der Waals surface area (Å²) in [6.07, 6.45) is 9.88. The third-order valence-electron chi connectivity index (χ3n) is 10.1. The first-order valence-corrected chi connectivity index (χ1v) is 21.3. The van der Waals surface area contributed by atoms with E-state index in [1.807, 2.05) is 22.8 Å². The molecule has 0 spiro atoms. The van der Waals surface area contributed by atoms with Crippen LogP contribution in [-0.4, -0.2) is 54.3 Å². The van der Waals surface area contributed by atoms with Crippen molar-refractivity contribution in [3.63, 3.8) is 0 Å². The molecule has 4 heterocycles. The number of halogens is 1. The lowest BCUT2D eigenvalue weighted by Gasteiger charge is -2.32. The Morgan fingerprint density at radius 1 is 1.10 bits per heavy atom. The molecule has 0 saturated heterocycles. The van der Waals surface area contributed by atoms with Crippen LogP contribution in [0.5, 0.6) is 0 Å². The summed E-state index contributed by atoms with van der Waals surface area (Å²) in [6.45, 7) is 7.58. The lowest BCUT2D eigenvalue weighted by Crippen LogP contribution is -2.35. The number of aryl methyl sites for hydroxylation is 1. The van der Waals surface area contributed by atoms with Crippen LogP contribution in [-0.2, 0) is 24.9 Å². The molecule has 2 saturated carbocycles. The summed E-state index contributed by atoms with van der Waals surface area (Å²) < 4.78 is 25.9. The van der Waals surface area contributed by atoms with Gasteiger partial charge in [0.25, 0.3) is 5.56 Å². The Morgan fingerprint density at radius 2 is 1.88 bits per heavy atom. The second-order valence-corrected chi connectivity index (χ2v) is 21.0. The molecule has 2 fully saturated rings. The number of aromatic nitrogens is 6. The van der Waals surface area contributed by atoms with Crippen LogP contribution in [0, 0.1) is 17.1 Å². The van der Waals surface area contributed by atoms with Gasteiger partial charge in [0, 0.05) is 62.6 Å². The van der Waals surface area contributed by atoms with Crippen LogP contribution in [0.2, 0.25) is 25.7 Å². The van der Waals surface area contributed by atoms with Crippen molar-refractivity contribution >= 4 is 19.0 Å². The van der Waals surface area contributed by atoms with Gasteiger partial charge in [-0.1, -0.05) is 45.0 Å². The van der Waals surface area contributed by atoms with Crippen molar-refractivity contribution in [2.75, 3.05) is 6.61 Å². The molecule has 0 amide bonds. The number of rotatable bonds is 11. The summed E-state index contributed by atoms with van der Waals surface area (Å²) in [7, 11) is 0.442. The standard InChI is InChI=1S/C38H44FN7O3Si/c1-44-23-41-43-36(44)32-18-28(39)10-11-30(32)26-16-33(25-8-9-25)42-34(17-26)45-22-27(21-40)31-19-29(20-38(48)12-6-5-7-13-38)46(35(31)37(45)47)24-49-14-15-50(2,3)4/h10-11,16-19,22-23,25,48H,5-9,12-15,20,24H2,1-4H3. The van der Waals surface area contributed by atoms with E-state index in [1.54, 1.807) is 30.2 Å². The van der Waals surface area contributed by atoms with Crippen molar-refractivity contribution < 1.29 is 14.2 Å². The summed E-state index contributed by atoms with van der Waals surface area (Å²) in [4.78, 5) is 19.7. The van der Waals surface area contributed by atoms with Crippen molar-refractivity contribution in [2.45, 2.75) is 95.3 Å². The van der Waals surface area contributed by atoms with E-state index in [4.69, 9.17) is 9.72 Å². The minimum absolute atomic E-state index is 0.140. The number of fused-ring (bicyclic) bond motifs is 1. The molecule has 260 valence electrons. The van der Waals surface area contributed by atoms with E-state index in [9.17, 15) is 19.6 Å². The molecule has 5 aromatic rings. The highest BCUT2D eigenvalue weighted by Crippen LogP contribution is 2.42. The number of benzene rings is 1. The zero-order chi connectivity index (χ0) is 35.2. The van der Waals surface area contributed by atoms with E-state index in [-0.39, 0.29) is 18.2 Å². The lowest BCUT2D eigenvalue weighted by atomic mass is 9.81. The summed E-state index contributed by atoms with van der Waals surface area (Å²) in [5.74, 6) is 0.732.